The zero-order valence-corrected chi connectivity index (χ0v) is 12.9. The van der Waals surface area contributed by atoms with Crippen LogP contribution in [0.4, 0.5) is 0 Å². The smallest absolute Gasteiger partial charge is 0.215 e. The van der Waals surface area contributed by atoms with Gasteiger partial charge in [-0.3, -0.25) is 0 Å². The molecular formula is C12H26O5Si. The van der Waals surface area contributed by atoms with Crippen molar-refractivity contribution in [2.45, 2.75) is 63.3 Å². The van der Waals surface area contributed by atoms with Crippen molar-refractivity contribution in [3.63, 3.8) is 0 Å². The van der Waals surface area contributed by atoms with Crippen molar-refractivity contribution in [3.8, 4) is 0 Å². The Morgan fingerprint density at radius 1 is 1.39 bits per heavy atom. The summed E-state index contributed by atoms with van der Waals surface area (Å²) in [6, 6.07) is 0. The lowest BCUT2D eigenvalue weighted by Gasteiger charge is -2.38. The zero-order valence-electron chi connectivity index (χ0n) is 11.9. The van der Waals surface area contributed by atoms with E-state index in [9.17, 15) is 10.2 Å². The lowest BCUT2D eigenvalue weighted by Crippen LogP contribution is -2.50. The summed E-state index contributed by atoms with van der Waals surface area (Å²) in [4.78, 5) is 0. The van der Waals surface area contributed by atoms with Gasteiger partial charge in [0.25, 0.3) is 0 Å². The molecule has 0 radical (unpaired) electrons. The van der Waals surface area contributed by atoms with Gasteiger partial charge in [0.15, 0.2) is 8.32 Å². The topological polar surface area (TPSA) is 79.2 Å². The van der Waals surface area contributed by atoms with Crippen LogP contribution in [0, 0.1) is 0 Å². The molecule has 1 aliphatic rings. The SMILES string of the molecule is CC(C)(C)[Si](C)(C)OC[C@@]1(O)O[C@H](CO)C[C@@H]1O. The van der Waals surface area contributed by atoms with Gasteiger partial charge in [0, 0.05) is 6.42 Å². The summed E-state index contributed by atoms with van der Waals surface area (Å²) in [6.45, 7) is 10.2. The molecule has 0 saturated carbocycles. The van der Waals surface area contributed by atoms with Crippen LogP contribution >= 0.6 is 0 Å². The number of rotatable bonds is 4. The van der Waals surface area contributed by atoms with Crippen LogP contribution in [0.15, 0.2) is 0 Å². The van der Waals surface area contributed by atoms with E-state index in [1.807, 2.05) is 0 Å². The highest BCUT2D eigenvalue weighted by Gasteiger charge is 2.49. The summed E-state index contributed by atoms with van der Waals surface area (Å²) in [5.74, 6) is -1.69. The minimum absolute atomic E-state index is 0.0310. The summed E-state index contributed by atoms with van der Waals surface area (Å²) < 4.78 is 11.1. The van der Waals surface area contributed by atoms with Gasteiger partial charge >= 0.3 is 0 Å². The van der Waals surface area contributed by atoms with Crippen molar-refractivity contribution in [2.24, 2.45) is 0 Å². The molecule has 6 heteroatoms. The van der Waals surface area contributed by atoms with Gasteiger partial charge in [-0.25, -0.2) is 0 Å². The first-order chi connectivity index (χ1) is 8.02. The molecule has 0 unspecified atom stereocenters. The molecule has 0 aliphatic carbocycles. The molecule has 1 heterocycles. The van der Waals surface area contributed by atoms with Gasteiger partial charge < -0.3 is 24.5 Å². The molecule has 0 amide bonds. The second-order valence-corrected chi connectivity index (χ2v) is 11.4. The van der Waals surface area contributed by atoms with Crippen LogP contribution in [0.2, 0.25) is 18.1 Å². The fourth-order valence-corrected chi connectivity index (χ4v) is 2.59. The van der Waals surface area contributed by atoms with Crippen LogP contribution in [0.25, 0.3) is 0 Å². The van der Waals surface area contributed by atoms with Crippen molar-refractivity contribution in [1.29, 1.82) is 0 Å². The third-order valence-corrected chi connectivity index (χ3v) is 8.51. The average molecular weight is 278 g/mol. The zero-order chi connectivity index (χ0) is 14.2. The summed E-state index contributed by atoms with van der Waals surface area (Å²) in [7, 11) is -1.99. The van der Waals surface area contributed by atoms with Crippen LogP contribution in [-0.4, -0.2) is 54.8 Å². The third-order valence-electron chi connectivity index (χ3n) is 4.03. The standard InChI is InChI=1S/C12H26O5Si/c1-11(2,3)18(4,5)16-8-12(15)10(14)6-9(7-13)17-12/h9-10,13-15H,6-8H2,1-5H3/t9-,10-,12+/m0/s1. The lowest BCUT2D eigenvalue weighted by atomic mass is 10.1. The Hall–Kier alpha value is 0.0169. The van der Waals surface area contributed by atoms with Gasteiger partial charge in [-0.05, 0) is 18.1 Å². The second-order valence-electron chi connectivity index (χ2n) is 6.57. The molecule has 108 valence electrons. The van der Waals surface area contributed by atoms with Crippen molar-refractivity contribution >= 4 is 8.32 Å². The van der Waals surface area contributed by atoms with E-state index in [0.29, 0.717) is 0 Å². The van der Waals surface area contributed by atoms with Gasteiger partial charge in [-0.15, -0.1) is 0 Å². The van der Waals surface area contributed by atoms with Gasteiger partial charge in [-0.1, -0.05) is 20.8 Å². The minimum Gasteiger partial charge on any atom is -0.411 e. The van der Waals surface area contributed by atoms with Crippen molar-refractivity contribution in [1.82, 2.24) is 0 Å². The fourth-order valence-electron chi connectivity index (χ4n) is 1.59. The molecule has 1 rings (SSSR count). The molecule has 1 fully saturated rings. The molecule has 3 atom stereocenters. The highest BCUT2D eigenvalue weighted by atomic mass is 28.4. The Labute approximate surface area is 110 Å². The highest BCUT2D eigenvalue weighted by Crippen LogP contribution is 2.38. The lowest BCUT2D eigenvalue weighted by molar-refractivity contribution is -0.245. The first-order valence-electron chi connectivity index (χ1n) is 6.35. The van der Waals surface area contributed by atoms with Crippen LogP contribution in [-0.2, 0) is 9.16 Å². The van der Waals surface area contributed by atoms with Gasteiger partial charge in [0.2, 0.25) is 5.79 Å². The van der Waals surface area contributed by atoms with E-state index in [2.05, 4.69) is 33.9 Å². The first-order valence-corrected chi connectivity index (χ1v) is 9.26. The van der Waals surface area contributed by atoms with E-state index < -0.39 is 26.3 Å². The molecule has 0 spiro atoms. The van der Waals surface area contributed by atoms with E-state index in [4.69, 9.17) is 14.3 Å². The molecule has 1 aliphatic heterocycles. The maximum Gasteiger partial charge on any atom is 0.215 e. The molecule has 3 N–H and O–H groups in total. The third kappa shape index (κ3) is 3.31. The molecule has 18 heavy (non-hydrogen) atoms. The Bertz CT molecular complexity index is 289. The number of ether oxygens (including phenoxy) is 1. The Balaban J connectivity index is 2.63. The number of aliphatic hydroxyl groups excluding tert-OH is 2. The molecular weight excluding hydrogens is 252 g/mol. The summed E-state index contributed by atoms with van der Waals surface area (Å²) in [5, 5.41) is 29.0. The van der Waals surface area contributed by atoms with Crippen LogP contribution in [0.3, 0.4) is 0 Å². The predicted octanol–water partition coefficient (Wildman–Crippen LogP) is 0.839. The minimum atomic E-state index is -1.99. The average Bonchev–Trinajstić information content (AvgIpc) is 2.51. The first kappa shape index (κ1) is 16.1. The molecule has 0 aromatic rings. The van der Waals surface area contributed by atoms with Gasteiger partial charge in [0.05, 0.1) is 19.3 Å². The summed E-state index contributed by atoms with van der Waals surface area (Å²) in [6.07, 6.45) is -1.30. The quantitative estimate of drug-likeness (QED) is 0.664. The summed E-state index contributed by atoms with van der Waals surface area (Å²) in [5.41, 5.74) is 0. The number of hydrogen-bond acceptors (Lipinski definition) is 5. The molecule has 5 nitrogen and oxygen atoms in total. The van der Waals surface area contributed by atoms with E-state index in [0.717, 1.165) is 0 Å². The Morgan fingerprint density at radius 3 is 2.33 bits per heavy atom. The van der Waals surface area contributed by atoms with Crippen LogP contribution in [0.1, 0.15) is 27.2 Å². The van der Waals surface area contributed by atoms with Crippen molar-refractivity contribution in [2.75, 3.05) is 13.2 Å². The van der Waals surface area contributed by atoms with E-state index in [1.54, 1.807) is 0 Å². The van der Waals surface area contributed by atoms with Crippen LogP contribution in [0.5, 0.6) is 0 Å². The molecule has 0 aromatic heterocycles. The maximum atomic E-state index is 10.2. The molecule has 0 aromatic carbocycles. The second kappa shape index (κ2) is 5.18. The van der Waals surface area contributed by atoms with E-state index >= 15 is 0 Å². The fraction of sp³-hybridized carbons (Fsp3) is 1.00. The molecule has 0 bridgehead atoms. The van der Waals surface area contributed by atoms with E-state index in [1.165, 1.54) is 0 Å². The van der Waals surface area contributed by atoms with Crippen LogP contribution < -0.4 is 0 Å². The Kier molecular flexibility index (Phi) is 4.63. The van der Waals surface area contributed by atoms with E-state index in [-0.39, 0.29) is 24.7 Å². The monoisotopic (exact) mass is 278 g/mol. The predicted molar refractivity (Wildman–Crippen MR) is 70.7 cm³/mol. The number of hydrogen-bond donors (Lipinski definition) is 3. The normalized spacial score (nSPS) is 34.0. The van der Waals surface area contributed by atoms with Gasteiger partial charge in [-0.2, -0.15) is 0 Å². The van der Waals surface area contributed by atoms with Gasteiger partial charge in [0.1, 0.15) is 6.10 Å². The van der Waals surface area contributed by atoms with Crippen molar-refractivity contribution in [3.05, 3.63) is 0 Å². The number of aliphatic hydroxyl groups is 3. The Morgan fingerprint density at radius 2 is 1.94 bits per heavy atom. The maximum absolute atomic E-state index is 10.2. The highest BCUT2D eigenvalue weighted by molar-refractivity contribution is 6.74. The largest absolute Gasteiger partial charge is 0.411 e. The summed E-state index contributed by atoms with van der Waals surface area (Å²) >= 11 is 0. The molecule has 1 saturated heterocycles. The van der Waals surface area contributed by atoms with Crippen molar-refractivity contribution < 1.29 is 24.5 Å².